The zero-order valence-corrected chi connectivity index (χ0v) is 20.2. The maximum absolute atomic E-state index is 12.9. The number of aromatic nitrogens is 1. The van der Waals surface area contributed by atoms with Gasteiger partial charge in [-0.3, -0.25) is 0 Å². The molecule has 1 aromatic heterocycles. The average Bonchev–Trinajstić information content (AvgIpc) is 2.69. The molecule has 11 heteroatoms. The zero-order chi connectivity index (χ0) is 20.3. The van der Waals surface area contributed by atoms with E-state index in [1.54, 1.807) is 0 Å². The fourth-order valence-electron chi connectivity index (χ4n) is 3.52. The molecule has 2 aliphatic heterocycles. The van der Waals surface area contributed by atoms with Crippen LogP contribution in [0.15, 0.2) is 17.2 Å². The topological polar surface area (TPSA) is 103 Å². The maximum Gasteiger partial charge on any atom is 1.00 e. The first-order chi connectivity index (χ1) is 13.3. The molecular formula is C18H29N4NaO5S. The van der Waals surface area contributed by atoms with Gasteiger partial charge in [-0.2, -0.15) is 4.31 Å². The van der Waals surface area contributed by atoms with Crippen molar-refractivity contribution in [1.82, 2.24) is 19.1 Å². The van der Waals surface area contributed by atoms with E-state index in [-0.39, 0.29) is 53.4 Å². The Balaban J connectivity index is 0.00000225. The fourth-order valence-corrected chi connectivity index (χ4v) is 4.91. The Kier molecular flexibility index (Phi) is 8.89. The van der Waals surface area contributed by atoms with Gasteiger partial charge in [-0.25, -0.2) is 18.2 Å². The van der Waals surface area contributed by atoms with Gasteiger partial charge in [0, 0.05) is 39.3 Å². The Hall–Kier alpha value is -0.750. The van der Waals surface area contributed by atoms with Crippen LogP contribution in [0.5, 0.6) is 5.88 Å². The molecule has 158 valence electrons. The molecule has 1 aromatic rings. The van der Waals surface area contributed by atoms with Gasteiger partial charge in [-0.05, 0) is 32.5 Å². The quantitative estimate of drug-likeness (QED) is 0.497. The van der Waals surface area contributed by atoms with Crippen molar-refractivity contribution >= 4 is 16.0 Å². The van der Waals surface area contributed by atoms with Crippen molar-refractivity contribution in [1.29, 1.82) is 0 Å². The number of aromatic carboxylic acids is 1. The monoisotopic (exact) mass is 436 g/mol. The summed E-state index contributed by atoms with van der Waals surface area (Å²) < 4.78 is 33.0. The second-order valence-electron chi connectivity index (χ2n) is 7.29. The average molecular weight is 437 g/mol. The van der Waals surface area contributed by atoms with Crippen molar-refractivity contribution in [2.24, 2.45) is 0 Å². The van der Waals surface area contributed by atoms with Gasteiger partial charge in [0.1, 0.15) is 16.6 Å². The number of ether oxygens (including phenoxy) is 1. The van der Waals surface area contributed by atoms with Crippen LogP contribution < -0.4 is 34.3 Å². The number of nitrogens with zero attached hydrogens (tertiary/aromatic N) is 4. The largest absolute Gasteiger partial charge is 1.00 e. The third-order valence-corrected chi connectivity index (χ3v) is 7.28. The minimum absolute atomic E-state index is 0. The second kappa shape index (κ2) is 10.5. The first-order valence-electron chi connectivity index (χ1n) is 9.62. The van der Waals surface area contributed by atoms with Gasteiger partial charge in [0.15, 0.2) is 0 Å². The van der Waals surface area contributed by atoms with Gasteiger partial charge >= 0.3 is 35.5 Å². The molecule has 2 fully saturated rings. The molecule has 0 unspecified atom stereocenters. The number of pyridine rings is 1. The van der Waals surface area contributed by atoms with E-state index in [0.29, 0.717) is 26.2 Å². The molecule has 1 N–H and O–H groups in total. The SMILES string of the molecule is CCN1CCN(S(=O)(=O)c2cnc(OC3CCN(C)CC3)c(C(=O)O)c2)CC1.[H-].[Na+]. The summed E-state index contributed by atoms with van der Waals surface area (Å²) in [6, 6.07) is 1.17. The number of carboxylic acids is 1. The Morgan fingerprint density at radius 2 is 1.86 bits per heavy atom. The molecule has 0 bridgehead atoms. The van der Waals surface area contributed by atoms with Crippen LogP contribution in [-0.4, -0.2) is 97.5 Å². The number of hydrogen-bond acceptors (Lipinski definition) is 7. The van der Waals surface area contributed by atoms with E-state index in [4.69, 9.17) is 4.74 Å². The molecule has 0 spiro atoms. The normalized spacial score (nSPS) is 20.2. The molecule has 3 rings (SSSR count). The number of rotatable bonds is 6. The number of hydrogen-bond donors (Lipinski definition) is 1. The van der Waals surface area contributed by atoms with Gasteiger partial charge < -0.3 is 21.1 Å². The second-order valence-corrected chi connectivity index (χ2v) is 9.23. The minimum Gasteiger partial charge on any atom is -1.00 e. The number of carbonyl (C=O) groups is 1. The smallest absolute Gasteiger partial charge is 1.00 e. The summed E-state index contributed by atoms with van der Waals surface area (Å²) >= 11 is 0. The molecule has 0 radical (unpaired) electrons. The van der Waals surface area contributed by atoms with E-state index in [2.05, 4.69) is 14.8 Å². The summed E-state index contributed by atoms with van der Waals surface area (Å²) in [5.74, 6) is -1.26. The fraction of sp³-hybridized carbons (Fsp3) is 0.667. The number of piperidine rings is 1. The Morgan fingerprint density at radius 3 is 2.41 bits per heavy atom. The van der Waals surface area contributed by atoms with E-state index in [9.17, 15) is 18.3 Å². The molecule has 2 aliphatic rings. The first kappa shape index (κ1) is 24.5. The van der Waals surface area contributed by atoms with E-state index in [0.717, 1.165) is 32.5 Å². The van der Waals surface area contributed by atoms with Crippen molar-refractivity contribution in [3.05, 3.63) is 17.8 Å². The molecule has 0 aromatic carbocycles. The van der Waals surface area contributed by atoms with Crippen molar-refractivity contribution in [3.63, 3.8) is 0 Å². The number of piperazine rings is 1. The van der Waals surface area contributed by atoms with E-state index in [1.165, 1.54) is 16.6 Å². The van der Waals surface area contributed by atoms with Gasteiger partial charge in [-0.1, -0.05) is 6.92 Å². The van der Waals surface area contributed by atoms with Gasteiger partial charge in [0.05, 0.1) is 6.20 Å². The van der Waals surface area contributed by atoms with Crippen LogP contribution in [0.4, 0.5) is 0 Å². The Morgan fingerprint density at radius 1 is 1.24 bits per heavy atom. The number of likely N-dealkylation sites (tertiary alicyclic amines) is 1. The third-order valence-electron chi connectivity index (χ3n) is 5.42. The standard InChI is InChI=1S/C18H28N4O5S.Na.H/c1-3-21-8-10-22(11-9-21)28(25,26)15-12-16(18(23)24)17(19-13-15)27-14-4-6-20(2)7-5-14;;/h12-14H,3-11H2,1-2H3,(H,23,24);;/q;+1;-1. The molecule has 9 nitrogen and oxygen atoms in total. The summed E-state index contributed by atoms with van der Waals surface area (Å²) in [6.07, 6.45) is 2.64. The van der Waals surface area contributed by atoms with Crippen molar-refractivity contribution < 1.29 is 54.0 Å². The minimum atomic E-state index is -3.79. The van der Waals surface area contributed by atoms with Crippen molar-refractivity contribution in [3.8, 4) is 5.88 Å². The van der Waals surface area contributed by atoms with Crippen LogP contribution in [0.2, 0.25) is 0 Å². The zero-order valence-electron chi connectivity index (χ0n) is 18.4. The summed E-state index contributed by atoms with van der Waals surface area (Å²) in [6.45, 7) is 6.72. The summed E-state index contributed by atoms with van der Waals surface area (Å²) in [5.41, 5.74) is -0.216. The van der Waals surface area contributed by atoms with E-state index in [1.807, 2.05) is 14.0 Å². The van der Waals surface area contributed by atoms with Gasteiger partial charge in [-0.15, -0.1) is 0 Å². The molecule has 0 aliphatic carbocycles. The molecule has 3 heterocycles. The van der Waals surface area contributed by atoms with Crippen LogP contribution >= 0.6 is 0 Å². The Bertz CT molecular complexity index is 813. The van der Waals surface area contributed by atoms with E-state index >= 15 is 0 Å². The third kappa shape index (κ3) is 5.90. The molecule has 0 saturated carbocycles. The summed E-state index contributed by atoms with van der Waals surface area (Å²) in [7, 11) is -1.76. The van der Waals surface area contributed by atoms with Crippen molar-refractivity contribution in [2.45, 2.75) is 30.8 Å². The van der Waals surface area contributed by atoms with Crippen LogP contribution in [-0.2, 0) is 10.0 Å². The van der Waals surface area contributed by atoms with Crippen LogP contribution in [0.25, 0.3) is 0 Å². The van der Waals surface area contributed by atoms with Crippen LogP contribution in [0, 0.1) is 0 Å². The predicted octanol–water partition coefficient (Wildman–Crippen LogP) is -2.30. The first-order valence-corrected chi connectivity index (χ1v) is 11.1. The summed E-state index contributed by atoms with van der Waals surface area (Å²) in [5, 5.41) is 9.56. The number of carboxylic acid groups (broad SMARTS) is 1. The van der Waals surface area contributed by atoms with E-state index < -0.39 is 16.0 Å². The molecule has 0 atom stereocenters. The number of sulfonamides is 1. The Labute approximate surface area is 195 Å². The van der Waals surface area contributed by atoms with Crippen LogP contribution in [0.3, 0.4) is 0 Å². The molecule has 2 saturated heterocycles. The predicted molar refractivity (Wildman–Crippen MR) is 104 cm³/mol. The maximum atomic E-state index is 12.9. The molecule has 29 heavy (non-hydrogen) atoms. The van der Waals surface area contributed by atoms with Gasteiger partial charge in [0.2, 0.25) is 15.9 Å². The summed E-state index contributed by atoms with van der Waals surface area (Å²) in [4.78, 5) is 20.0. The molecule has 0 amide bonds. The molecular weight excluding hydrogens is 407 g/mol. The van der Waals surface area contributed by atoms with Crippen molar-refractivity contribution in [2.75, 3.05) is 52.9 Å². The van der Waals surface area contributed by atoms with Gasteiger partial charge in [0.25, 0.3) is 0 Å². The number of likely N-dealkylation sites (N-methyl/N-ethyl adjacent to an activating group) is 1. The van der Waals surface area contributed by atoms with Crippen LogP contribution in [0.1, 0.15) is 31.6 Å².